The SMILES string of the molecule is O=S(=O)(CC1CCC(c2cnnc3cnc4[nH]ccc4c23)CC1)N1CCCC(COc2ccc(F)cc2)C1. The van der Waals surface area contributed by atoms with Crippen LogP contribution in [0.2, 0.25) is 0 Å². The van der Waals surface area contributed by atoms with Gasteiger partial charge in [-0.15, -0.1) is 5.10 Å². The number of piperidine rings is 1. The van der Waals surface area contributed by atoms with Crippen LogP contribution in [0, 0.1) is 17.7 Å². The maximum absolute atomic E-state index is 13.4. The maximum Gasteiger partial charge on any atom is 0.214 e. The Bertz CT molecular complexity index is 1520. The van der Waals surface area contributed by atoms with Gasteiger partial charge in [0.25, 0.3) is 0 Å². The van der Waals surface area contributed by atoms with Crippen LogP contribution in [0.4, 0.5) is 4.39 Å². The van der Waals surface area contributed by atoms with E-state index in [-0.39, 0.29) is 23.4 Å². The van der Waals surface area contributed by atoms with Gasteiger partial charge in [0.2, 0.25) is 10.0 Å². The molecular weight excluding hydrogens is 505 g/mol. The minimum atomic E-state index is -3.35. The summed E-state index contributed by atoms with van der Waals surface area (Å²) in [6, 6.07) is 7.97. The first kappa shape index (κ1) is 25.2. The second-order valence-electron chi connectivity index (χ2n) is 10.7. The van der Waals surface area contributed by atoms with Gasteiger partial charge in [0.1, 0.15) is 22.7 Å². The van der Waals surface area contributed by atoms with Gasteiger partial charge >= 0.3 is 0 Å². The molecular formula is C28H32FN5O3S. The summed E-state index contributed by atoms with van der Waals surface area (Å²) < 4.78 is 47.3. The Morgan fingerprint density at radius 3 is 2.66 bits per heavy atom. The van der Waals surface area contributed by atoms with Crippen LogP contribution in [0.1, 0.15) is 50.0 Å². The number of hydrogen-bond acceptors (Lipinski definition) is 6. The number of H-pyrrole nitrogens is 1. The monoisotopic (exact) mass is 537 g/mol. The molecule has 3 aromatic heterocycles. The van der Waals surface area contributed by atoms with E-state index in [0.717, 1.165) is 60.5 Å². The van der Waals surface area contributed by atoms with E-state index in [2.05, 4.69) is 20.2 Å². The Kier molecular flexibility index (Phi) is 7.01. The highest BCUT2D eigenvalue weighted by Crippen LogP contribution is 2.40. The summed E-state index contributed by atoms with van der Waals surface area (Å²) in [5, 5.41) is 10.7. The lowest BCUT2D eigenvalue weighted by molar-refractivity contribution is 0.179. The average molecular weight is 538 g/mol. The number of rotatable bonds is 7. The Balaban J connectivity index is 1.07. The van der Waals surface area contributed by atoms with Gasteiger partial charge in [-0.25, -0.2) is 22.1 Å². The van der Waals surface area contributed by atoms with Gasteiger partial charge in [0.05, 0.1) is 24.8 Å². The molecule has 0 amide bonds. The number of pyridine rings is 1. The third-order valence-electron chi connectivity index (χ3n) is 8.12. The Labute approximate surface area is 221 Å². The van der Waals surface area contributed by atoms with Crippen LogP contribution in [-0.2, 0) is 10.0 Å². The Hall–Kier alpha value is -3.11. The van der Waals surface area contributed by atoms with E-state index in [4.69, 9.17) is 4.74 Å². The molecule has 1 unspecified atom stereocenters. The van der Waals surface area contributed by atoms with E-state index in [0.29, 0.717) is 31.4 Å². The minimum absolute atomic E-state index is 0.131. The molecule has 4 heterocycles. The molecule has 1 aliphatic carbocycles. The maximum atomic E-state index is 13.4. The first-order valence-corrected chi connectivity index (χ1v) is 15.0. The molecule has 2 fully saturated rings. The smallest absolute Gasteiger partial charge is 0.214 e. The van der Waals surface area contributed by atoms with Crippen molar-refractivity contribution < 1.29 is 17.5 Å². The first-order valence-electron chi connectivity index (χ1n) is 13.4. The first-order chi connectivity index (χ1) is 18.5. The standard InChI is InChI=1S/C28H32FN5O3S/c29-22-7-9-23(10-8-22)37-17-20-2-1-13-34(16-20)38(35,36)18-19-3-5-21(6-4-19)25-14-32-33-26-15-31-28-24(27(25)26)11-12-30-28/h7-12,14-15,19-21H,1-6,13,16-18H2,(H,30,31). The minimum Gasteiger partial charge on any atom is -0.493 e. The molecule has 10 heteroatoms. The van der Waals surface area contributed by atoms with Crippen molar-refractivity contribution in [2.45, 2.75) is 44.4 Å². The molecule has 1 atom stereocenters. The summed E-state index contributed by atoms with van der Waals surface area (Å²) in [7, 11) is -3.35. The number of aromatic amines is 1. The predicted molar refractivity (Wildman–Crippen MR) is 144 cm³/mol. The van der Waals surface area contributed by atoms with E-state index in [1.54, 1.807) is 22.6 Å². The summed E-state index contributed by atoms with van der Waals surface area (Å²) in [5.74, 6) is 1.12. The van der Waals surface area contributed by atoms with E-state index < -0.39 is 10.0 Å². The molecule has 1 aliphatic heterocycles. The number of sulfonamides is 1. The van der Waals surface area contributed by atoms with E-state index >= 15 is 0 Å². The van der Waals surface area contributed by atoms with E-state index in [1.165, 1.54) is 17.7 Å². The molecule has 8 nitrogen and oxygen atoms in total. The van der Waals surface area contributed by atoms with Crippen molar-refractivity contribution in [1.82, 2.24) is 24.5 Å². The number of halogens is 1. The molecule has 4 aromatic rings. The molecule has 6 rings (SSSR count). The van der Waals surface area contributed by atoms with Crippen LogP contribution < -0.4 is 4.74 Å². The van der Waals surface area contributed by atoms with Gasteiger partial charge < -0.3 is 9.72 Å². The van der Waals surface area contributed by atoms with Gasteiger partial charge in [-0.2, -0.15) is 5.10 Å². The molecule has 0 bridgehead atoms. The highest BCUT2D eigenvalue weighted by Gasteiger charge is 2.33. The van der Waals surface area contributed by atoms with Crippen LogP contribution in [-0.4, -0.2) is 58.3 Å². The molecule has 1 N–H and O–H groups in total. The normalized spacial score (nSPS) is 23.1. The summed E-state index contributed by atoms with van der Waals surface area (Å²) >= 11 is 0. The zero-order valence-corrected chi connectivity index (χ0v) is 22.0. The molecule has 1 saturated carbocycles. The van der Waals surface area contributed by atoms with Crippen LogP contribution in [0.3, 0.4) is 0 Å². The fourth-order valence-electron chi connectivity index (χ4n) is 6.11. The van der Waals surface area contributed by atoms with Crippen molar-refractivity contribution in [3.8, 4) is 5.75 Å². The summed E-state index contributed by atoms with van der Waals surface area (Å²) in [6.45, 7) is 1.48. The number of hydrogen-bond donors (Lipinski definition) is 1. The van der Waals surface area contributed by atoms with Gasteiger partial charge in [0, 0.05) is 36.0 Å². The van der Waals surface area contributed by atoms with Crippen LogP contribution in [0.5, 0.6) is 5.75 Å². The number of benzene rings is 1. The summed E-state index contributed by atoms with van der Waals surface area (Å²) in [4.78, 5) is 7.61. The lowest BCUT2D eigenvalue weighted by atomic mass is 9.79. The second-order valence-corrected chi connectivity index (χ2v) is 12.7. The lowest BCUT2D eigenvalue weighted by Gasteiger charge is -2.34. The largest absolute Gasteiger partial charge is 0.493 e. The quantitative estimate of drug-likeness (QED) is 0.355. The zero-order valence-electron chi connectivity index (χ0n) is 21.2. The van der Waals surface area contributed by atoms with E-state index in [9.17, 15) is 12.8 Å². The molecule has 200 valence electrons. The van der Waals surface area contributed by atoms with Crippen molar-refractivity contribution in [1.29, 1.82) is 0 Å². The highest BCUT2D eigenvalue weighted by atomic mass is 32.2. The number of fused-ring (bicyclic) bond motifs is 3. The molecule has 1 aromatic carbocycles. The van der Waals surface area contributed by atoms with Crippen molar-refractivity contribution in [3.05, 3.63) is 60.3 Å². The Morgan fingerprint density at radius 1 is 1.03 bits per heavy atom. The molecule has 38 heavy (non-hydrogen) atoms. The van der Waals surface area contributed by atoms with Crippen LogP contribution in [0.25, 0.3) is 21.9 Å². The number of ether oxygens (including phenoxy) is 1. The van der Waals surface area contributed by atoms with Crippen molar-refractivity contribution >= 4 is 32.0 Å². The van der Waals surface area contributed by atoms with Crippen LogP contribution in [0.15, 0.2) is 48.9 Å². The fraction of sp³-hybridized carbons (Fsp3) is 0.464. The Morgan fingerprint density at radius 2 is 1.84 bits per heavy atom. The predicted octanol–water partition coefficient (Wildman–Crippen LogP) is 5.04. The van der Waals surface area contributed by atoms with Crippen molar-refractivity contribution in [2.24, 2.45) is 11.8 Å². The molecule has 0 radical (unpaired) electrons. The van der Waals surface area contributed by atoms with E-state index in [1.807, 2.05) is 18.5 Å². The summed E-state index contributed by atoms with van der Waals surface area (Å²) in [6.07, 6.45) is 10.9. The van der Waals surface area contributed by atoms with Crippen molar-refractivity contribution in [2.75, 3.05) is 25.4 Å². The third-order valence-corrected chi connectivity index (χ3v) is 10.1. The molecule has 2 aliphatic rings. The molecule has 0 spiro atoms. The molecule has 1 saturated heterocycles. The number of nitrogens with zero attached hydrogens (tertiary/aromatic N) is 4. The van der Waals surface area contributed by atoms with Gasteiger partial charge in [-0.1, -0.05) is 0 Å². The van der Waals surface area contributed by atoms with Crippen LogP contribution >= 0.6 is 0 Å². The fourth-order valence-corrected chi connectivity index (χ4v) is 8.09. The highest BCUT2D eigenvalue weighted by molar-refractivity contribution is 7.89. The topological polar surface area (TPSA) is 101 Å². The zero-order chi connectivity index (χ0) is 26.1. The summed E-state index contributed by atoms with van der Waals surface area (Å²) in [5.41, 5.74) is 2.82. The number of nitrogens with one attached hydrogen (secondary N) is 1. The average Bonchev–Trinajstić information content (AvgIpc) is 3.42. The lowest BCUT2D eigenvalue weighted by Crippen LogP contribution is -2.43. The number of aromatic nitrogens is 4. The van der Waals surface area contributed by atoms with Gasteiger partial charge in [0.15, 0.2) is 0 Å². The van der Waals surface area contributed by atoms with Gasteiger partial charge in [-0.05, 0) is 86.3 Å². The van der Waals surface area contributed by atoms with Gasteiger partial charge in [-0.3, -0.25) is 0 Å². The second kappa shape index (κ2) is 10.6. The van der Waals surface area contributed by atoms with Crippen molar-refractivity contribution in [3.63, 3.8) is 0 Å². The third kappa shape index (κ3) is 5.24.